The quantitative estimate of drug-likeness (QED) is 0.440. The van der Waals surface area contributed by atoms with E-state index in [1.54, 1.807) is 0 Å². The molecule has 2 fully saturated rings. The third-order valence-electron chi connectivity index (χ3n) is 8.17. The molecule has 0 bridgehead atoms. The van der Waals surface area contributed by atoms with E-state index >= 15 is 0 Å². The largest absolute Gasteiger partial charge is 0.490 e. The Morgan fingerprint density at radius 2 is 1.62 bits per heavy atom. The molecular formula is C30H43NO3. The van der Waals surface area contributed by atoms with Crippen LogP contribution in [-0.2, 0) is 11.3 Å². The second-order valence-electron chi connectivity index (χ2n) is 11.7. The zero-order valence-corrected chi connectivity index (χ0v) is 21.4. The van der Waals surface area contributed by atoms with Gasteiger partial charge < -0.3 is 9.84 Å². The lowest BCUT2D eigenvalue weighted by atomic mass is 9.72. The van der Waals surface area contributed by atoms with Crippen LogP contribution in [0.3, 0.4) is 0 Å². The van der Waals surface area contributed by atoms with Crippen molar-refractivity contribution in [3.05, 3.63) is 42.0 Å². The van der Waals surface area contributed by atoms with Gasteiger partial charge in [-0.15, -0.1) is 0 Å². The van der Waals surface area contributed by atoms with Crippen LogP contribution in [0, 0.1) is 11.3 Å². The van der Waals surface area contributed by atoms with Crippen LogP contribution in [0.1, 0.15) is 90.5 Å². The monoisotopic (exact) mass is 465 g/mol. The van der Waals surface area contributed by atoms with E-state index < -0.39 is 5.97 Å². The highest BCUT2D eigenvalue weighted by Gasteiger charge is 2.30. The molecule has 0 atom stereocenters. The zero-order chi connectivity index (χ0) is 24.1. The van der Waals surface area contributed by atoms with E-state index in [0.29, 0.717) is 24.1 Å². The van der Waals surface area contributed by atoms with Crippen LogP contribution < -0.4 is 4.74 Å². The van der Waals surface area contributed by atoms with Crippen LogP contribution in [0.4, 0.5) is 0 Å². The highest BCUT2D eigenvalue weighted by Crippen LogP contribution is 2.39. The number of carbonyl (C=O) groups is 1. The summed E-state index contributed by atoms with van der Waals surface area (Å²) in [5.41, 5.74) is 1.66. The van der Waals surface area contributed by atoms with E-state index in [9.17, 15) is 9.90 Å². The van der Waals surface area contributed by atoms with E-state index in [0.717, 1.165) is 31.1 Å². The van der Waals surface area contributed by atoms with Gasteiger partial charge in [-0.25, -0.2) is 0 Å². The van der Waals surface area contributed by atoms with Gasteiger partial charge in [-0.2, -0.15) is 0 Å². The summed E-state index contributed by atoms with van der Waals surface area (Å²) < 4.78 is 6.39. The van der Waals surface area contributed by atoms with Crippen molar-refractivity contribution in [1.29, 1.82) is 0 Å². The van der Waals surface area contributed by atoms with Gasteiger partial charge >= 0.3 is 5.97 Å². The molecule has 0 saturated heterocycles. The third kappa shape index (κ3) is 6.75. The fourth-order valence-corrected chi connectivity index (χ4v) is 5.99. The first kappa shape index (κ1) is 25.0. The number of aliphatic carboxylic acids is 1. The van der Waals surface area contributed by atoms with Gasteiger partial charge in [0.05, 0.1) is 12.5 Å². The molecule has 2 aromatic rings. The molecule has 186 valence electrons. The van der Waals surface area contributed by atoms with E-state index in [1.807, 2.05) is 0 Å². The van der Waals surface area contributed by atoms with Crippen molar-refractivity contribution in [2.45, 2.75) is 104 Å². The Kier molecular flexibility index (Phi) is 8.18. The molecular weight excluding hydrogens is 422 g/mol. The van der Waals surface area contributed by atoms with Crippen molar-refractivity contribution in [3.8, 4) is 5.75 Å². The number of hydrogen-bond acceptors (Lipinski definition) is 3. The van der Waals surface area contributed by atoms with E-state index in [4.69, 9.17) is 4.74 Å². The normalized spacial score (nSPS) is 22.2. The Balaban J connectivity index is 1.40. The molecule has 0 aliphatic heterocycles. The highest BCUT2D eigenvalue weighted by atomic mass is 16.5. The first-order valence-electron chi connectivity index (χ1n) is 13.4. The smallest absolute Gasteiger partial charge is 0.304 e. The molecule has 0 radical (unpaired) electrons. The molecule has 1 N–H and O–H groups in total. The van der Waals surface area contributed by atoms with Gasteiger partial charge in [0.2, 0.25) is 0 Å². The molecule has 2 aliphatic carbocycles. The molecule has 2 aromatic carbocycles. The van der Waals surface area contributed by atoms with Crippen molar-refractivity contribution in [2.75, 3.05) is 6.54 Å². The number of carboxylic acid groups (broad SMARTS) is 1. The first-order chi connectivity index (χ1) is 16.3. The predicted octanol–water partition coefficient (Wildman–Crippen LogP) is 7.43. The van der Waals surface area contributed by atoms with Crippen molar-refractivity contribution < 1.29 is 14.6 Å². The summed E-state index contributed by atoms with van der Waals surface area (Å²) in [7, 11) is 0. The lowest BCUT2D eigenvalue weighted by Crippen LogP contribution is -2.37. The summed E-state index contributed by atoms with van der Waals surface area (Å²) in [4.78, 5) is 13.6. The Hall–Kier alpha value is -2.07. The Morgan fingerprint density at radius 1 is 0.941 bits per heavy atom. The summed E-state index contributed by atoms with van der Waals surface area (Å²) in [6.07, 6.45) is 11.5. The molecule has 0 aromatic heterocycles. The minimum atomic E-state index is -0.709. The van der Waals surface area contributed by atoms with Gasteiger partial charge in [-0.1, -0.05) is 58.2 Å². The average molecular weight is 466 g/mol. The van der Waals surface area contributed by atoms with Gasteiger partial charge in [0.1, 0.15) is 5.75 Å². The number of carboxylic acids is 1. The summed E-state index contributed by atoms with van der Waals surface area (Å²) >= 11 is 0. The topological polar surface area (TPSA) is 49.8 Å². The SMILES string of the molecule is CC(C)(C)C1CCC(Oc2ccc3cc(CN(CCC(=O)O)C4CCCCC4)ccc3c2)CC1. The molecule has 4 rings (SSSR count). The summed E-state index contributed by atoms with van der Waals surface area (Å²) in [6, 6.07) is 13.7. The van der Waals surface area contributed by atoms with E-state index in [-0.39, 0.29) is 6.42 Å². The van der Waals surface area contributed by atoms with E-state index in [2.05, 4.69) is 62.1 Å². The fourth-order valence-electron chi connectivity index (χ4n) is 5.99. The standard InChI is InChI=1S/C30H43NO3/c1-30(2,3)25-12-15-27(16-13-25)34-28-14-11-23-19-22(9-10-24(23)20-28)21-31(18-17-29(32)33)26-7-5-4-6-8-26/h9-11,14,19-20,25-27H,4-8,12-13,15-18,21H2,1-3H3,(H,32,33). The number of ether oxygens (including phenoxy) is 1. The average Bonchev–Trinajstić information content (AvgIpc) is 2.82. The molecule has 0 spiro atoms. The maximum atomic E-state index is 11.2. The summed E-state index contributed by atoms with van der Waals surface area (Å²) in [5.74, 6) is 1.06. The van der Waals surface area contributed by atoms with Crippen molar-refractivity contribution in [2.24, 2.45) is 11.3 Å². The minimum Gasteiger partial charge on any atom is -0.490 e. The molecule has 0 heterocycles. The van der Waals surface area contributed by atoms with Crippen molar-refractivity contribution in [3.63, 3.8) is 0 Å². The second-order valence-corrected chi connectivity index (χ2v) is 11.7. The Bertz CT molecular complexity index is 949. The van der Waals surface area contributed by atoms with Gasteiger partial charge in [0, 0.05) is 19.1 Å². The highest BCUT2D eigenvalue weighted by molar-refractivity contribution is 5.84. The van der Waals surface area contributed by atoms with Gasteiger partial charge in [-0.05, 0) is 84.4 Å². The van der Waals surface area contributed by atoms with Gasteiger partial charge in [0.15, 0.2) is 0 Å². The third-order valence-corrected chi connectivity index (χ3v) is 8.17. The first-order valence-corrected chi connectivity index (χ1v) is 13.4. The number of rotatable bonds is 8. The maximum Gasteiger partial charge on any atom is 0.304 e. The molecule has 34 heavy (non-hydrogen) atoms. The minimum absolute atomic E-state index is 0.211. The van der Waals surface area contributed by atoms with Crippen LogP contribution in [0.5, 0.6) is 5.75 Å². The number of hydrogen-bond donors (Lipinski definition) is 1. The number of fused-ring (bicyclic) bond motifs is 1. The Labute approximate surface area is 205 Å². The molecule has 4 nitrogen and oxygen atoms in total. The summed E-state index contributed by atoms with van der Waals surface area (Å²) in [6.45, 7) is 8.52. The van der Waals surface area contributed by atoms with Crippen molar-refractivity contribution >= 4 is 16.7 Å². The lowest BCUT2D eigenvalue weighted by molar-refractivity contribution is -0.137. The Morgan fingerprint density at radius 3 is 2.29 bits per heavy atom. The van der Waals surface area contributed by atoms with Gasteiger partial charge in [0.25, 0.3) is 0 Å². The second kappa shape index (κ2) is 11.1. The molecule has 0 amide bonds. The maximum absolute atomic E-state index is 11.2. The predicted molar refractivity (Wildman–Crippen MR) is 139 cm³/mol. The summed E-state index contributed by atoms with van der Waals surface area (Å²) in [5, 5.41) is 11.7. The van der Waals surface area contributed by atoms with Crippen LogP contribution in [-0.4, -0.2) is 34.7 Å². The van der Waals surface area contributed by atoms with Gasteiger partial charge in [-0.3, -0.25) is 9.69 Å². The van der Waals surface area contributed by atoms with Crippen LogP contribution in [0.2, 0.25) is 0 Å². The van der Waals surface area contributed by atoms with E-state index in [1.165, 1.54) is 61.3 Å². The number of nitrogens with zero attached hydrogens (tertiary/aromatic N) is 1. The van der Waals surface area contributed by atoms with Crippen LogP contribution in [0.25, 0.3) is 10.8 Å². The van der Waals surface area contributed by atoms with Crippen LogP contribution in [0.15, 0.2) is 36.4 Å². The zero-order valence-electron chi connectivity index (χ0n) is 21.4. The fraction of sp³-hybridized carbons (Fsp3) is 0.633. The molecule has 2 aliphatic rings. The molecule has 4 heteroatoms. The van der Waals surface area contributed by atoms with Crippen LogP contribution >= 0.6 is 0 Å². The van der Waals surface area contributed by atoms with Crippen molar-refractivity contribution in [1.82, 2.24) is 4.90 Å². The molecule has 0 unspecified atom stereocenters. The number of benzene rings is 2. The molecule has 2 saturated carbocycles. The lowest BCUT2D eigenvalue weighted by Gasteiger charge is -2.37.